The summed E-state index contributed by atoms with van der Waals surface area (Å²) in [4.78, 5) is 0. The summed E-state index contributed by atoms with van der Waals surface area (Å²) < 4.78 is 7.12. The highest BCUT2D eigenvalue weighted by Crippen LogP contribution is 2.27. The van der Waals surface area contributed by atoms with Gasteiger partial charge in [0.1, 0.15) is 11.4 Å². The molecule has 0 fully saturated rings. The van der Waals surface area contributed by atoms with Gasteiger partial charge in [0, 0.05) is 5.75 Å². The number of unbranched alkanes of at least 4 members (excludes halogenated alkanes) is 1. The Hall–Kier alpha value is -1.56. The standard InChI is InChI=1S/C13H18N4OS/c1-4-5-8-19-13-14-15-16-17(13)11-9-10(2)6-7-12(11)18-3/h6-7,9H,4-5,8H2,1-3H3. The summed E-state index contributed by atoms with van der Waals surface area (Å²) in [7, 11) is 1.66. The molecular weight excluding hydrogens is 260 g/mol. The summed E-state index contributed by atoms with van der Waals surface area (Å²) in [6, 6.07) is 5.97. The van der Waals surface area contributed by atoms with Crippen LogP contribution in [0.4, 0.5) is 0 Å². The molecule has 6 heteroatoms. The van der Waals surface area contributed by atoms with Crippen LogP contribution in [0.1, 0.15) is 25.3 Å². The zero-order chi connectivity index (χ0) is 13.7. The van der Waals surface area contributed by atoms with Crippen molar-refractivity contribution in [1.29, 1.82) is 0 Å². The first-order valence-electron chi connectivity index (χ1n) is 6.32. The number of hydrogen-bond acceptors (Lipinski definition) is 5. The van der Waals surface area contributed by atoms with Gasteiger partial charge in [0.2, 0.25) is 5.16 Å². The molecule has 0 saturated carbocycles. The van der Waals surface area contributed by atoms with Crippen molar-refractivity contribution >= 4 is 11.8 Å². The number of methoxy groups -OCH3 is 1. The number of nitrogens with zero attached hydrogens (tertiary/aromatic N) is 4. The average molecular weight is 278 g/mol. The number of ether oxygens (including phenoxy) is 1. The summed E-state index contributed by atoms with van der Waals surface area (Å²) in [5.74, 6) is 1.79. The SMILES string of the molecule is CCCCSc1nnnn1-c1cc(C)ccc1OC. The molecular formula is C13H18N4OS. The fraction of sp³-hybridized carbons (Fsp3) is 0.462. The van der Waals surface area contributed by atoms with E-state index < -0.39 is 0 Å². The first-order valence-corrected chi connectivity index (χ1v) is 7.31. The second kappa shape index (κ2) is 6.56. The largest absolute Gasteiger partial charge is 0.494 e. The Bertz CT molecular complexity index is 541. The average Bonchev–Trinajstić information content (AvgIpc) is 2.87. The monoisotopic (exact) mass is 278 g/mol. The molecule has 0 aliphatic carbocycles. The van der Waals surface area contributed by atoms with Gasteiger partial charge in [-0.1, -0.05) is 31.2 Å². The minimum atomic E-state index is 0.773. The van der Waals surface area contributed by atoms with Crippen molar-refractivity contribution in [3.8, 4) is 11.4 Å². The maximum atomic E-state index is 5.38. The Balaban J connectivity index is 2.31. The van der Waals surface area contributed by atoms with Gasteiger partial charge in [-0.15, -0.1) is 5.10 Å². The van der Waals surface area contributed by atoms with Gasteiger partial charge >= 0.3 is 0 Å². The van der Waals surface area contributed by atoms with Gasteiger partial charge in [-0.2, -0.15) is 4.68 Å². The molecule has 102 valence electrons. The Morgan fingerprint density at radius 2 is 2.21 bits per heavy atom. The van der Waals surface area contributed by atoms with Gasteiger partial charge in [0.15, 0.2) is 0 Å². The predicted molar refractivity (Wildman–Crippen MR) is 76.1 cm³/mol. The van der Waals surface area contributed by atoms with E-state index in [4.69, 9.17) is 4.74 Å². The summed E-state index contributed by atoms with van der Waals surface area (Å²) in [5.41, 5.74) is 2.03. The highest BCUT2D eigenvalue weighted by molar-refractivity contribution is 7.99. The molecule has 0 aliphatic heterocycles. The molecule has 0 saturated heterocycles. The number of aryl methyl sites for hydroxylation is 1. The molecule has 0 N–H and O–H groups in total. The molecule has 1 aromatic heterocycles. The first kappa shape index (κ1) is 13.9. The number of rotatable bonds is 6. The van der Waals surface area contributed by atoms with E-state index in [1.807, 2.05) is 25.1 Å². The van der Waals surface area contributed by atoms with E-state index in [0.717, 1.165) is 34.3 Å². The maximum absolute atomic E-state index is 5.38. The van der Waals surface area contributed by atoms with E-state index in [1.54, 1.807) is 23.6 Å². The van der Waals surface area contributed by atoms with Crippen LogP contribution in [0.15, 0.2) is 23.4 Å². The number of hydrogen-bond donors (Lipinski definition) is 0. The topological polar surface area (TPSA) is 52.8 Å². The van der Waals surface area contributed by atoms with Crippen molar-refractivity contribution < 1.29 is 4.74 Å². The number of tetrazole rings is 1. The summed E-state index contributed by atoms with van der Waals surface area (Å²) in [6.45, 7) is 4.21. The number of thioether (sulfide) groups is 1. The lowest BCUT2D eigenvalue weighted by Crippen LogP contribution is -2.02. The van der Waals surface area contributed by atoms with Crippen LogP contribution < -0.4 is 4.74 Å². The lowest BCUT2D eigenvalue weighted by atomic mass is 10.2. The van der Waals surface area contributed by atoms with Crippen LogP contribution in [-0.2, 0) is 0 Å². The fourth-order valence-corrected chi connectivity index (χ4v) is 2.66. The van der Waals surface area contributed by atoms with Crippen LogP contribution in [0.2, 0.25) is 0 Å². The Morgan fingerprint density at radius 1 is 1.37 bits per heavy atom. The quantitative estimate of drug-likeness (QED) is 0.600. The molecule has 2 aromatic rings. The van der Waals surface area contributed by atoms with Crippen molar-refractivity contribution in [3.05, 3.63) is 23.8 Å². The second-order valence-corrected chi connectivity index (χ2v) is 5.31. The van der Waals surface area contributed by atoms with Gasteiger partial charge in [-0.25, -0.2) is 0 Å². The van der Waals surface area contributed by atoms with E-state index in [2.05, 4.69) is 22.4 Å². The van der Waals surface area contributed by atoms with Crippen LogP contribution in [0.3, 0.4) is 0 Å². The maximum Gasteiger partial charge on any atom is 0.214 e. The zero-order valence-corrected chi connectivity index (χ0v) is 12.3. The van der Waals surface area contributed by atoms with Crippen molar-refractivity contribution in [2.75, 3.05) is 12.9 Å². The van der Waals surface area contributed by atoms with Crippen molar-refractivity contribution in [1.82, 2.24) is 20.2 Å². The third-order valence-electron chi connectivity index (χ3n) is 2.73. The van der Waals surface area contributed by atoms with Gasteiger partial charge in [0.05, 0.1) is 7.11 Å². The van der Waals surface area contributed by atoms with Crippen molar-refractivity contribution in [2.24, 2.45) is 0 Å². The van der Waals surface area contributed by atoms with Gasteiger partial charge in [-0.3, -0.25) is 0 Å². The van der Waals surface area contributed by atoms with Crippen molar-refractivity contribution in [2.45, 2.75) is 31.8 Å². The first-order chi connectivity index (χ1) is 9.26. The minimum absolute atomic E-state index is 0.773. The molecule has 0 atom stereocenters. The summed E-state index contributed by atoms with van der Waals surface area (Å²) in [6.07, 6.45) is 2.32. The molecule has 0 bridgehead atoms. The van der Waals surface area contributed by atoms with Gasteiger partial charge in [-0.05, 0) is 41.5 Å². The Labute approximate surface area is 117 Å². The molecule has 1 aromatic carbocycles. The van der Waals surface area contributed by atoms with Crippen LogP contribution in [0.25, 0.3) is 5.69 Å². The molecule has 19 heavy (non-hydrogen) atoms. The Kier molecular flexibility index (Phi) is 4.79. The molecule has 2 rings (SSSR count). The van der Waals surface area contributed by atoms with Gasteiger partial charge in [0.25, 0.3) is 0 Å². The predicted octanol–water partition coefficient (Wildman–Crippen LogP) is 2.87. The van der Waals surface area contributed by atoms with Crippen LogP contribution >= 0.6 is 11.8 Å². The van der Waals surface area contributed by atoms with E-state index in [1.165, 1.54) is 6.42 Å². The lowest BCUT2D eigenvalue weighted by Gasteiger charge is -2.10. The molecule has 5 nitrogen and oxygen atoms in total. The van der Waals surface area contributed by atoms with Crippen LogP contribution in [0.5, 0.6) is 5.75 Å². The van der Waals surface area contributed by atoms with Crippen LogP contribution in [0, 0.1) is 6.92 Å². The normalized spacial score (nSPS) is 10.7. The third-order valence-corrected chi connectivity index (χ3v) is 3.74. The number of aromatic nitrogens is 4. The second-order valence-electron chi connectivity index (χ2n) is 4.25. The van der Waals surface area contributed by atoms with E-state index in [0.29, 0.717) is 0 Å². The summed E-state index contributed by atoms with van der Waals surface area (Å²) in [5, 5.41) is 12.7. The van der Waals surface area contributed by atoms with Crippen LogP contribution in [-0.4, -0.2) is 33.1 Å². The highest BCUT2D eigenvalue weighted by Gasteiger charge is 2.13. The van der Waals surface area contributed by atoms with E-state index >= 15 is 0 Å². The zero-order valence-electron chi connectivity index (χ0n) is 11.5. The highest BCUT2D eigenvalue weighted by atomic mass is 32.2. The van der Waals surface area contributed by atoms with Crippen molar-refractivity contribution in [3.63, 3.8) is 0 Å². The third kappa shape index (κ3) is 3.26. The van der Waals surface area contributed by atoms with E-state index in [-0.39, 0.29) is 0 Å². The molecule has 0 aliphatic rings. The van der Waals surface area contributed by atoms with E-state index in [9.17, 15) is 0 Å². The van der Waals surface area contributed by atoms with Gasteiger partial charge < -0.3 is 4.74 Å². The minimum Gasteiger partial charge on any atom is -0.494 e. The Morgan fingerprint density at radius 3 is 2.95 bits per heavy atom. The molecule has 0 radical (unpaired) electrons. The fourth-order valence-electron chi connectivity index (χ4n) is 1.69. The molecule has 0 amide bonds. The smallest absolute Gasteiger partial charge is 0.214 e. The molecule has 0 spiro atoms. The molecule has 1 heterocycles. The lowest BCUT2D eigenvalue weighted by molar-refractivity contribution is 0.410. The molecule has 0 unspecified atom stereocenters. The number of benzene rings is 1. The summed E-state index contributed by atoms with van der Waals surface area (Å²) >= 11 is 1.67.